The maximum atomic E-state index is 13.4. The number of benzene rings is 1. The van der Waals surface area contributed by atoms with E-state index in [2.05, 4.69) is 45.3 Å². The fourth-order valence-corrected chi connectivity index (χ4v) is 6.73. The second-order valence-electron chi connectivity index (χ2n) is 11.7. The summed E-state index contributed by atoms with van der Waals surface area (Å²) in [5, 5.41) is 6.45. The van der Waals surface area contributed by atoms with E-state index in [1.807, 2.05) is 0 Å². The molecule has 0 aromatic heterocycles. The van der Waals surface area contributed by atoms with Crippen molar-refractivity contribution in [3.8, 4) is 0 Å². The van der Waals surface area contributed by atoms with Crippen LogP contribution in [-0.4, -0.2) is 56.3 Å². The van der Waals surface area contributed by atoms with E-state index >= 15 is 0 Å². The molecule has 0 spiro atoms. The summed E-state index contributed by atoms with van der Waals surface area (Å²) in [5.41, 5.74) is 0.0556. The molecule has 36 heavy (non-hydrogen) atoms. The molecule has 7 nitrogen and oxygen atoms in total. The van der Waals surface area contributed by atoms with Crippen molar-refractivity contribution in [2.24, 2.45) is 23.2 Å². The Bertz CT molecular complexity index is 1010. The SMILES string of the molecule is COC[C@H](NC(=O)c1cc(Cl)ccc1Cl)C(=O)N[C@@H](CC(C)C)B1O[C@@H]2C[C@@H]3C[C@@H](C3(C)C)[C@]2(C)O1. The van der Waals surface area contributed by atoms with Crippen LogP contribution in [0.1, 0.15) is 64.2 Å². The van der Waals surface area contributed by atoms with Gasteiger partial charge in [-0.1, -0.05) is 50.9 Å². The molecule has 1 heterocycles. The number of hydrogen-bond acceptors (Lipinski definition) is 5. The number of methoxy groups -OCH3 is 1. The van der Waals surface area contributed by atoms with Gasteiger partial charge in [0.1, 0.15) is 6.04 Å². The van der Waals surface area contributed by atoms with Crippen LogP contribution in [0.3, 0.4) is 0 Å². The lowest BCUT2D eigenvalue weighted by Crippen LogP contribution is -2.65. The second-order valence-corrected chi connectivity index (χ2v) is 12.5. The number of ether oxygens (including phenoxy) is 1. The minimum atomic E-state index is -0.932. The number of rotatable bonds is 9. The van der Waals surface area contributed by atoms with E-state index < -0.39 is 19.1 Å². The quantitative estimate of drug-likeness (QED) is 0.451. The van der Waals surface area contributed by atoms with Crippen LogP contribution in [0.4, 0.5) is 0 Å². The fourth-order valence-electron chi connectivity index (χ4n) is 6.36. The van der Waals surface area contributed by atoms with E-state index in [1.165, 1.54) is 13.2 Å². The fraction of sp³-hybridized carbons (Fsp3) is 0.692. The first-order valence-electron chi connectivity index (χ1n) is 12.7. The van der Waals surface area contributed by atoms with Gasteiger partial charge in [0.05, 0.1) is 34.8 Å². The molecule has 1 aliphatic heterocycles. The number of carbonyl (C=O) groups excluding carboxylic acids is 2. The highest BCUT2D eigenvalue weighted by Crippen LogP contribution is 2.65. The van der Waals surface area contributed by atoms with Crippen molar-refractivity contribution in [1.29, 1.82) is 0 Å². The summed E-state index contributed by atoms with van der Waals surface area (Å²) in [4.78, 5) is 26.3. The Balaban J connectivity index is 1.48. The smallest absolute Gasteiger partial charge is 0.404 e. The molecule has 0 unspecified atom stereocenters. The molecule has 2 bridgehead atoms. The van der Waals surface area contributed by atoms with Crippen molar-refractivity contribution in [2.45, 2.75) is 77.6 Å². The van der Waals surface area contributed by atoms with Gasteiger partial charge in [0.2, 0.25) is 5.91 Å². The highest BCUT2D eigenvalue weighted by Gasteiger charge is 2.68. The molecule has 0 radical (unpaired) electrons. The largest absolute Gasteiger partial charge is 0.481 e. The molecule has 1 aromatic carbocycles. The van der Waals surface area contributed by atoms with Gasteiger partial charge in [-0.25, -0.2) is 0 Å². The molecule has 3 saturated carbocycles. The molecule has 10 heteroatoms. The highest BCUT2D eigenvalue weighted by molar-refractivity contribution is 6.48. The normalized spacial score (nSPS) is 29.8. The molecule has 5 rings (SSSR count). The summed E-state index contributed by atoms with van der Waals surface area (Å²) in [6.07, 6.45) is 2.82. The lowest BCUT2D eigenvalue weighted by molar-refractivity contribution is -0.199. The van der Waals surface area contributed by atoms with Crippen LogP contribution in [-0.2, 0) is 18.8 Å². The zero-order valence-electron chi connectivity index (χ0n) is 21.9. The highest BCUT2D eigenvalue weighted by atomic mass is 35.5. The maximum Gasteiger partial charge on any atom is 0.481 e. The third-order valence-corrected chi connectivity index (χ3v) is 9.04. The van der Waals surface area contributed by atoms with Crippen LogP contribution in [0.5, 0.6) is 0 Å². The number of amides is 2. The Morgan fingerprint density at radius 3 is 2.56 bits per heavy atom. The van der Waals surface area contributed by atoms with Crippen molar-refractivity contribution in [1.82, 2.24) is 10.6 Å². The molecular weight excluding hydrogens is 502 g/mol. The molecule has 6 atom stereocenters. The molecule has 1 saturated heterocycles. The number of carbonyl (C=O) groups is 2. The van der Waals surface area contributed by atoms with Gasteiger partial charge < -0.3 is 24.7 Å². The summed E-state index contributed by atoms with van der Waals surface area (Å²) in [6, 6.07) is 3.68. The molecule has 4 aliphatic rings. The van der Waals surface area contributed by atoms with E-state index in [0.29, 0.717) is 29.2 Å². The van der Waals surface area contributed by atoms with E-state index in [0.717, 1.165) is 12.8 Å². The van der Waals surface area contributed by atoms with Crippen LogP contribution >= 0.6 is 23.2 Å². The Morgan fingerprint density at radius 1 is 1.19 bits per heavy atom. The standard InChI is InChI=1S/C26H37BCl2N2O5/c1-14(2)9-22(27-35-21-11-15-10-20(25(15,3)4)26(21,5)36-27)31-24(33)19(13-34-6)30-23(32)17-12-16(28)7-8-18(17)29/h7-8,12,14-15,19-22H,9-11,13H2,1-6H3,(H,30,32)(H,31,33)/t15-,19-,20-,21+,22-,26-/m0/s1. The summed E-state index contributed by atoms with van der Waals surface area (Å²) in [6.45, 7) is 11.0. The predicted octanol–water partition coefficient (Wildman–Crippen LogP) is 4.54. The van der Waals surface area contributed by atoms with Crippen molar-refractivity contribution in [2.75, 3.05) is 13.7 Å². The Labute approximate surface area is 224 Å². The molecule has 2 N–H and O–H groups in total. The van der Waals surface area contributed by atoms with Gasteiger partial charge in [-0.15, -0.1) is 0 Å². The van der Waals surface area contributed by atoms with Crippen LogP contribution in [0, 0.1) is 23.2 Å². The third-order valence-electron chi connectivity index (χ3n) is 8.48. The average Bonchev–Trinajstić information content (AvgIpc) is 3.16. The summed E-state index contributed by atoms with van der Waals surface area (Å²) >= 11 is 12.2. The maximum absolute atomic E-state index is 13.4. The van der Waals surface area contributed by atoms with Crippen LogP contribution in [0.25, 0.3) is 0 Å². The van der Waals surface area contributed by atoms with Crippen LogP contribution < -0.4 is 10.6 Å². The first kappa shape index (κ1) is 27.7. The van der Waals surface area contributed by atoms with E-state index in [1.54, 1.807) is 12.1 Å². The van der Waals surface area contributed by atoms with Gasteiger partial charge in [-0.05, 0) is 67.6 Å². The van der Waals surface area contributed by atoms with E-state index in [-0.39, 0.29) is 46.2 Å². The van der Waals surface area contributed by atoms with Crippen LogP contribution in [0.2, 0.25) is 10.0 Å². The van der Waals surface area contributed by atoms with Gasteiger partial charge >= 0.3 is 7.12 Å². The molecule has 198 valence electrons. The van der Waals surface area contributed by atoms with Crippen molar-refractivity contribution < 1.29 is 23.6 Å². The average molecular weight is 539 g/mol. The van der Waals surface area contributed by atoms with Crippen molar-refractivity contribution >= 4 is 42.1 Å². The molecule has 1 aromatic rings. The van der Waals surface area contributed by atoms with Crippen molar-refractivity contribution in [3.63, 3.8) is 0 Å². The zero-order chi connectivity index (χ0) is 26.4. The minimum absolute atomic E-state index is 0.00514. The first-order valence-corrected chi connectivity index (χ1v) is 13.5. The lowest BCUT2D eigenvalue weighted by Gasteiger charge is -2.64. The number of halogens is 2. The number of nitrogens with one attached hydrogen (secondary N) is 2. The molecule has 3 aliphatic carbocycles. The summed E-state index contributed by atoms with van der Waals surface area (Å²) in [7, 11) is 0.926. The second kappa shape index (κ2) is 10.4. The summed E-state index contributed by atoms with van der Waals surface area (Å²) < 4.78 is 18.3. The first-order chi connectivity index (χ1) is 16.9. The molecular formula is C26H37BCl2N2O5. The third kappa shape index (κ3) is 5.17. The topological polar surface area (TPSA) is 85.9 Å². The lowest BCUT2D eigenvalue weighted by atomic mass is 9.43. The Morgan fingerprint density at radius 2 is 1.92 bits per heavy atom. The van der Waals surface area contributed by atoms with Gasteiger partial charge in [0, 0.05) is 12.1 Å². The van der Waals surface area contributed by atoms with Gasteiger partial charge in [-0.2, -0.15) is 0 Å². The summed E-state index contributed by atoms with van der Waals surface area (Å²) in [5.74, 6) is 0.118. The molecule has 2 amide bonds. The van der Waals surface area contributed by atoms with Gasteiger partial charge in [0.15, 0.2) is 0 Å². The van der Waals surface area contributed by atoms with E-state index in [9.17, 15) is 9.59 Å². The Kier molecular flexibility index (Phi) is 8.04. The predicted molar refractivity (Wildman–Crippen MR) is 141 cm³/mol. The van der Waals surface area contributed by atoms with E-state index in [4.69, 9.17) is 37.2 Å². The van der Waals surface area contributed by atoms with Gasteiger partial charge in [0.25, 0.3) is 5.91 Å². The number of hydrogen-bond donors (Lipinski definition) is 2. The minimum Gasteiger partial charge on any atom is -0.404 e. The van der Waals surface area contributed by atoms with Gasteiger partial charge in [-0.3, -0.25) is 9.59 Å². The van der Waals surface area contributed by atoms with Crippen molar-refractivity contribution in [3.05, 3.63) is 33.8 Å². The molecule has 4 fully saturated rings. The monoisotopic (exact) mass is 538 g/mol. The van der Waals surface area contributed by atoms with Crippen LogP contribution in [0.15, 0.2) is 18.2 Å². The Hall–Kier alpha value is -1.32. The zero-order valence-corrected chi connectivity index (χ0v) is 23.4.